The van der Waals surface area contributed by atoms with Crippen LogP contribution in [0.25, 0.3) is 0 Å². The maximum absolute atomic E-state index is 11.9. The summed E-state index contributed by atoms with van der Waals surface area (Å²) in [6.45, 7) is 15.4. The number of ether oxygens (including phenoxy) is 1. The van der Waals surface area contributed by atoms with Gasteiger partial charge in [-0.3, -0.25) is 0 Å². The average Bonchev–Trinajstić information content (AvgIpc) is 2.12. The summed E-state index contributed by atoms with van der Waals surface area (Å²) in [6.07, 6.45) is 0.530. The van der Waals surface area contributed by atoms with Crippen LogP contribution < -0.4 is 4.72 Å². The minimum absolute atomic E-state index is 0.0736. The zero-order valence-electron chi connectivity index (χ0n) is 13.5. The lowest BCUT2D eigenvalue weighted by atomic mass is 9.89. The van der Waals surface area contributed by atoms with Gasteiger partial charge in [0.2, 0.25) is 10.0 Å². The Morgan fingerprint density at radius 3 is 2.05 bits per heavy atom. The summed E-state index contributed by atoms with van der Waals surface area (Å²) in [5.41, 5.74) is 0.0493. The highest BCUT2D eigenvalue weighted by molar-refractivity contribution is 7.89. The molecule has 19 heavy (non-hydrogen) atoms. The van der Waals surface area contributed by atoms with Gasteiger partial charge < -0.3 is 4.74 Å². The summed E-state index contributed by atoms with van der Waals surface area (Å²) < 4.78 is 32.0. The molecule has 0 bridgehead atoms. The van der Waals surface area contributed by atoms with Crippen molar-refractivity contribution in [3.8, 4) is 0 Å². The lowest BCUT2D eigenvalue weighted by Crippen LogP contribution is -2.42. The van der Waals surface area contributed by atoms with E-state index in [-0.39, 0.29) is 22.6 Å². The average molecular weight is 293 g/mol. The monoisotopic (exact) mass is 293 g/mol. The first-order chi connectivity index (χ1) is 8.33. The Labute approximate surface area is 119 Å². The Balaban J connectivity index is 4.00. The third kappa shape index (κ3) is 10.3. The van der Waals surface area contributed by atoms with E-state index in [0.717, 1.165) is 0 Å². The molecule has 0 aliphatic heterocycles. The molecule has 0 aliphatic carbocycles. The topological polar surface area (TPSA) is 55.4 Å². The maximum Gasteiger partial charge on any atom is 0.211 e. The molecule has 0 radical (unpaired) electrons. The van der Waals surface area contributed by atoms with Crippen molar-refractivity contribution >= 4 is 10.0 Å². The van der Waals surface area contributed by atoms with E-state index in [4.69, 9.17) is 4.74 Å². The van der Waals surface area contributed by atoms with Gasteiger partial charge in [-0.1, -0.05) is 41.5 Å². The van der Waals surface area contributed by atoms with Crippen LogP contribution in [-0.2, 0) is 14.8 Å². The van der Waals surface area contributed by atoms with Gasteiger partial charge in [-0.2, -0.15) is 0 Å². The van der Waals surface area contributed by atoms with Crippen molar-refractivity contribution < 1.29 is 13.2 Å². The van der Waals surface area contributed by atoms with Gasteiger partial charge in [0.05, 0.1) is 12.4 Å². The second kappa shape index (κ2) is 7.04. The normalized spacial score (nSPS) is 15.5. The molecule has 116 valence electrons. The van der Waals surface area contributed by atoms with E-state index < -0.39 is 10.0 Å². The number of hydrogen-bond acceptors (Lipinski definition) is 3. The van der Waals surface area contributed by atoms with Crippen molar-refractivity contribution in [1.82, 2.24) is 4.72 Å². The SMILES string of the molecule is CC(NS(=O)(=O)CCCOCC(C)(C)C)C(C)(C)C. The molecule has 0 heterocycles. The van der Waals surface area contributed by atoms with E-state index in [1.165, 1.54) is 0 Å². The van der Waals surface area contributed by atoms with E-state index in [1.807, 2.05) is 27.7 Å². The van der Waals surface area contributed by atoms with Crippen LogP contribution >= 0.6 is 0 Å². The molecule has 4 nitrogen and oxygen atoms in total. The highest BCUT2D eigenvalue weighted by Crippen LogP contribution is 2.19. The minimum Gasteiger partial charge on any atom is -0.381 e. The van der Waals surface area contributed by atoms with E-state index in [9.17, 15) is 8.42 Å². The molecule has 1 unspecified atom stereocenters. The standard InChI is InChI=1S/C14H31NO3S/c1-12(14(5,6)7)15-19(16,17)10-8-9-18-11-13(2,3)4/h12,15H,8-11H2,1-7H3. The predicted octanol–water partition coefficient (Wildman–Crippen LogP) is 2.79. The van der Waals surface area contributed by atoms with Crippen molar-refractivity contribution in [2.75, 3.05) is 19.0 Å². The molecule has 5 heteroatoms. The predicted molar refractivity (Wildman–Crippen MR) is 80.7 cm³/mol. The van der Waals surface area contributed by atoms with Crippen molar-refractivity contribution in [3.63, 3.8) is 0 Å². The zero-order valence-corrected chi connectivity index (χ0v) is 14.4. The molecule has 0 saturated carbocycles. The molecule has 1 atom stereocenters. The fraction of sp³-hybridized carbons (Fsp3) is 1.00. The van der Waals surface area contributed by atoms with Crippen molar-refractivity contribution in [2.45, 2.75) is 60.9 Å². The van der Waals surface area contributed by atoms with Crippen LogP contribution in [0, 0.1) is 10.8 Å². The number of sulfonamides is 1. The van der Waals surface area contributed by atoms with Crippen LogP contribution in [0.5, 0.6) is 0 Å². The van der Waals surface area contributed by atoms with Gasteiger partial charge in [-0.05, 0) is 24.2 Å². The molecule has 0 aromatic carbocycles. The molecule has 0 rings (SSSR count). The van der Waals surface area contributed by atoms with Crippen molar-refractivity contribution in [1.29, 1.82) is 0 Å². The van der Waals surface area contributed by atoms with Gasteiger partial charge in [0.1, 0.15) is 0 Å². The highest BCUT2D eigenvalue weighted by Gasteiger charge is 2.24. The largest absolute Gasteiger partial charge is 0.381 e. The molecule has 0 aromatic heterocycles. The van der Waals surface area contributed by atoms with Crippen LogP contribution in [0.3, 0.4) is 0 Å². The first-order valence-corrected chi connectivity index (χ1v) is 8.56. The van der Waals surface area contributed by atoms with Crippen molar-refractivity contribution in [3.05, 3.63) is 0 Å². The van der Waals surface area contributed by atoms with Crippen LogP contribution in [0.4, 0.5) is 0 Å². The maximum atomic E-state index is 11.9. The van der Waals surface area contributed by atoms with Gasteiger partial charge in [0.25, 0.3) is 0 Å². The fourth-order valence-corrected chi connectivity index (χ4v) is 2.74. The lowest BCUT2D eigenvalue weighted by Gasteiger charge is -2.27. The van der Waals surface area contributed by atoms with Gasteiger partial charge >= 0.3 is 0 Å². The first kappa shape index (κ1) is 18.9. The Kier molecular flexibility index (Phi) is 7.00. The van der Waals surface area contributed by atoms with Gasteiger partial charge in [0.15, 0.2) is 0 Å². The summed E-state index contributed by atoms with van der Waals surface area (Å²) >= 11 is 0. The molecule has 1 N–H and O–H groups in total. The molecule has 0 aromatic rings. The smallest absolute Gasteiger partial charge is 0.211 e. The second-order valence-corrected chi connectivity index (χ2v) is 9.36. The summed E-state index contributed by atoms with van der Waals surface area (Å²) in [7, 11) is -3.21. The molecule has 0 saturated heterocycles. The van der Waals surface area contributed by atoms with Crippen LogP contribution in [-0.4, -0.2) is 33.4 Å². The van der Waals surface area contributed by atoms with Crippen molar-refractivity contribution in [2.24, 2.45) is 10.8 Å². The summed E-state index contributed by atoms with van der Waals surface area (Å²) in [4.78, 5) is 0. The Morgan fingerprint density at radius 2 is 1.63 bits per heavy atom. The minimum atomic E-state index is -3.21. The Bertz CT molecular complexity index is 350. The second-order valence-electron chi connectivity index (χ2n) is 7.49. The number of rotatable bonds is 7. The zero-order chi connectivity index (χ0) is 15.3. The number of hydrogen-bond donors (Lipinski definition) is 1. The van der Waals surface area contributed by atoms with E-state index >= 15 is 0 Å². The van der Waals surface area contributed by atoms with Gasteiger partial charge in [-0.15, -0.1) is 0 Å². The van der Waals surface area contributed by atoms with Crippen LogP contribution in [0.1, 0.15) is 54.9 Å². The lowest BCUT2D eigenvalue weighted by molar-refractivity contribution is 0.0720. The third-order valence-electron chi connectivity index (χ3n) is 2.89. The molecular formula is C14H31NO3S. The first-order valence-electron chi connectivity index (χ1n) is 6.91. The summed E-state index contributed by atoms with van der Waals surface area (Å²) in [6, 6.07) is -0.0759. The Hall–Kier alpha value is -0.130. The molecule has 0 fully saturated rings. The van der Waals surface area contributed by atoms with E-state index in [1.54, 1.807) is 0 Å². The van der Waals surface area contributed by atoms with E-state index in [2.05, 4.69) is 25.5 Å². The molecule has 0 amide bonds. The summed E-state index contributed by atoms with van der Waals surface area (Å²) in [5.74, 6) is 0.123. The fourth-order valence-electron chi connectivity index (χ4n) is 1.23. The molecule has 0 aliphatic rings. The highest BCUT2D eigenvalue weighted by atomic mass is 32.2. The van der Waals surface area contributed by atoms with Crippen LogP contribution in [0.15, 0.2) is 0 Å². The quantitative estimate of drug-likeness (QED) is 0.734. The van der Waals surface area contributed by atoms with Gasteiger partial charge in [0, 0.05) is 12.6 Å². The molecule has 0 spiro atoms. The Morgan fingerprint density at radius 1 is 1.11 bits per heavy atom. The molecular weight excluding hydrogens is 262 g/mol. The summed E-state index contributed by atoms with van der Waals surface area (Å²) in [5, 5.41) is 0. The van der Waals surface area contributed by atoms with E-state index in [0.29, 0.717) is 19.6 Å². The van der Waals surface area contributed by atoms with Crippen LogP contribution in [0.2, 0.25) is 0 Å². The number of nitrogens with one attached hydrogen (secondary N) is 1. The van der Waals surface area contributed by atoms with Gasteiger partial charge in [-0.25, -0.2) is 13.1 Å². The third-order valence-corrected chi connectivity index (χ3v) is 4.43.